The summed E-state index contributed by atoms with van der Waals surface area (Å²) in [5, 5.41) is 18.0. The molecule has 3 aromatic rings. The number of nitrogens with one attached hydrogen (secondary N) is 3. The van der Waals surface area contributed by atoms with E-state index in [1.54, 1.807) is 6.07 Å². The number of hydrogen-bond donors (Lipinski definition) is 3. The number of urea groups is 1. The van der Waals surface area contributed by atoms with Gasteiger partial charge in [0.25, 0.3) is 0 Å². The SMILES string of the molecule is N#Cc1cccc(-c2ccc(C(CCNC3CC3)CNC(=O)Nc3ccc(F)c(F)c3)cc2)c1. The number of carbonyl (C=O) groups is 1. The fraction of sp³-hybridized carbons (Fsp3) is 0.259. The molecule has 1 fully saturated rings. The molecule has 3 aromatic carbocycles. The van der Waals surface area contributed by atoms with E-state index in [9.17, 15) is 13.6 Å². The summed E-state index contributed by atoms with van der Waals surface area (Å²) in [5.74, 6) is -1.90. The predicted molar refractivity (Wildman–Crippen MR) is 128 cm³/mol. The molecule has 4 rings (SSSR count). The molecule has 3 N–H and O–H groups in total. The normalized spacial score (nSPS) is 13.7. The highest BCUT2D eigenvalue weighted by molar-refractivity contribution is 5.89. The number of halogens is 2. The Morgan fingerprint density at radius 1 is 1.00 bits per heavy atom. The smallest absolute Gasteiger partial charge is 0.319 e. The maximum absolute atomic E-state index is 13.4. The largest absolute Gasteiger partial charge is 0.337 e. The Morgan fingerprint density at radius 2 is 1.79 bits per heavy atom. The Hall–Kier alpha value is -3.76. The quantitative estimate of drug-likeness (QED) is 0.392. The van der Waals surface area contributed by atoms with Gasteiger partial charge >= 0.3 is 6.03 Å². The number of rotatable bonds is 9. The molecule has 0 aliphatic heterocycles. The Bertz CT molecular complexity index is 1190. The average molecular weight is 461 g/mol. The van der Waals surface area contributed by atoms with Gasteiger partial charge in [-0.15, -0.1) is 0 Å². The molecular formula is C27H26F2N4O. The molecule has 0 radical (unpaired) electrons. The Kier molecular flexibility index (Phi) is 7.51. The van der Waals surface area contributed by atoms with Crippen molar-refractivity contribution in [3.8, 4) is 17.2 Å². The third-order valence-electron chi connectivity index (χ3n) is 5.90. The lowest BCUT2D eigenvalue weighted by Crippen LogP contribution is -2.33. The Balaban J connectivity index is 1.41. The van der Waals surface area contributed by atoms with Crippen LogP contribution in [0.3, 0.4) is 0 Å². The monoisotopic (exact) mass is 460 g/mol. The van der Waals surface area contributed by atoms with Gasteiger partial charge in [0.05, 0.1) is 11.6 Å². The average Bonchev–Trinajstić information content (AvgIpc) is 3.68. The van der Waals surface area contributed by atoms with E-state index >= 15 is 0 Å². The van der Waals surface area contributed by atoms with E-state index in [-0.39, 0.29) is 11.6 Å². The Morgan fingerprint density at radius 3 is 2.50 bits per heavy atom. The highest BCUT2D eigenvalue weighted by Gasteiger charge is 2.21. The zero-order chi connectivity index (χ0) is 23.9. The van der Waals surface area contributed by atoms with Crippen LogP contribution in [0.5, 0.6) is 0 Å². The van der Waals surface area contributed by atoms with Crippen LogP contribution in [0.2, 0.25) is 0 Å². The van der Waals surface area contributed by atoms with Gasteiger partial charge in [-0.2, -0.15) is 5.26 Å². The first kappa shape index (κ1) is 23.4. The van der Waals surface area contributed by atoms with Crippen molar-refractivity contribution in [2.45, 2.75) is 31.2 Å². The molecule has 174 valence electrons. The molecule has 7 heteroatoms. The van der Waals surface area contributed by atoms with Crippen molar-refractivity contribution in [1.29, 1.82) is 5.26 Å². The van der Waals surface area contributed by atoms with Gasteiger partial charge in [0, 0.05) is 30.3 Å². The molecule has 0 aromatic heterocycles. The van der Waals surface area contributed by atoms with Gasteiger partial charge in [-0.1, -0.05) is 36.4 Å². The molecule has 1 aliphatic carbocycles. The van der Waals surface area contributed by atoms with Crippen LogP contribution in [0.1, 0.15) is 36.3 Å². The first-order chi connectivity index (χ1) is 16.5. The molecule has 5 nitrogen and oxygen atoms in total. The zero-order valence-electron chi connectivity index (χ0n) is 18.7. The van der Waals surface area contributed by atoms with Gasteiger partial charge in [-0.3, -0.25) is 0 Å². The van der Waals surface area contributed by atoms with E-state index in [1.807, 2.05) is 42.5 Å². The molecule has 0 bridgehead atoms. The summed E-state index contributed by atoms with van der Waals surface area (Å²) in [6.07, 6.45) is 3.25. The molecule has 0 saturated heterocycles. The van der Waals surface area contributed by atoms with E-state index in [0.717, 1.165) is 41.8 Å². The van der Waals surface area contributed by atoms with Crippen molar-refractivity contribution >= 4 is 11.7 Å². The number of nitrogens with zero attached hydrogens (tertiary/aromatic N) is 1. The summed E-state index contributed by atoms with van der Waals surface area (Å²) in [6.45, 7) is 1.24. The van der Waals surface area contributed by atoms with Gasteiger partial charge in [-0.25, -0.2) is 13.6 Å². The third kappa shape index (κ3) is 6.40. The maximum atomic E-state index is 13.4. The van der Waals surface area contributed by atoms with Crippen molar-refractivity contribution in [3.05, 3.63) is 89.5 Å². The highest BCUT2D eigenvalue weighted by Crippen LogP contribution is 2.26. The van der Waals surface area contributed by atoms with Crippen LogP contribution in [0, 0.1) is 23.0 Å². The standard InChI is InChI=1S/C27H26F2N4O/c28-25-11-10-24(15-26(25)29)33-27(34)32-17-22(12-13-31-23-8-9-23)20-6-4-19(5-7-20)21-3-1-2-18(14-21)16-30/h1-7,10-11,14-15,22-23,31H,8-9,12-13,17H2,(H2,32,33,34). The molecule has 2 amide bonds. The molecular weight excluding hydrogens is 434 g/mol. The van der Waals surface area contributed by atoms with E-state index in [4.69, 9.17) is 5.26 Å². The van der Waals surface area contributed by atoms with Crippen molar-refractivity contribution in [1.82, 2.24) is 10.6 Å². The van der Waals surface area contributed by atoms with Crippen LogP contribution in [-0.2, 0) is 0 Å². The minimum atomic E-state index is -1.01. The fourth-order valence-corrected chi connectivity index (χ4v) is 3.82. The van der Waals surface area contributed by atoms with E-state index in [0.29, 0.717) is 18.2 Å². The molecule has 34 heavy (non-hydrogen) atoms. The molecule has 1 atom stereocenters. The van der Waals surface area contributed by atoms with Crippen LogP contribution in [0.25, 0.3) is 11.1 Å². The molecule has 1 saturated carbocycles. The van der Waals surface area contributed by atoms with E-state index < -0.39 is 17.7 Å². The summed E-state index contributed by atoms with van der Waals surface area (Å²) in [7, 11) is 0. The van der Waals surface area contributed by atoms with E-state index in [1.165, 1.54) is 18.9 Å². The van der Waals surface area contributed by atoms with Crippen LogP contribution in [-0.4, -0.2) is 25.2 Å². The lowest BCUT2D eigenvalue weighted by molar-refractivity contribution is 0.251. The van der Waals surface area contributed by atoms with Gasteiger partial charge < -0.3 is 16.0 Å². The number of benzene rings is 3. The lowest BCUT2D eigenvalue weighted by atomic mass is 9.93. The summed E-state index contributed by atoms with van der Waals surface area (Å²) >= 11 is 0. The molecule has 0 heterocycles. The predicted octanol–water partition coefficient (Wildman–Crippen LogP) is 5.55. The summed E-state index contributed by atoms with van der Waals surface area (Å²) < 4.78 is 26.5. The van der Waals surface area contributed by atoms with Gasteiger partial charge in [0.2, 0.25) is 0 Å². The fourth-order valence-electron chi connectivity index (χ4n) is 3.82. The zero-order valence-corrected chi connectivity index (χ0v) is 18.7. The number of amides is 2. The molecule has 1 unspecified atom stereocenters. The minimum absolute atomic E-state index is 0.0708. The third-order valence-corrected chi connectivity index (χ3v) is 5.90. The van der Waals surface area contributed by atoms with Crippen molar-refractivity contribution in [3.63, 3.8) is 0 Å². The number of anilines is 1. The second-order valence-corrected chi connectivity index (χ2v) is 8.49. The van der Waals surface area contributed by atoms with Crippen LogP contribution in [0.4, 0.5) is 19.3 Å². The maximum Gasteiger partial charge on any atom is 0.319 e. The number of hydrogen-bond acceptors (Lipinski definition) is 3. The van der Waals surface area contributed by atoms with Crippen LogP contribution < -0.4 is 16.0 Å². The minimum Gasteiger partial charge on any atom is -0.337 e. The number of nitriles is 1. The van der Waals surface area contributed by atoms with Gasteiger partial charge in [-0.05, 0) is 66.8 Å². The summed E-state index contributed by atoms with van der Waals surface area (Å²) in [5.41, 5.74) is 3.88. The summed E-state index contributed by atoms with van der Waals surface area (Å²) in [6, 6.07) is 21.1. The van der Waals surface area contributed by atoms with Gasteiger partial charge in [0.1, 0.15) is 0 Å². The first-order valence-electron chi connectivity index (χ1n) is 11.4. The molecule has 0 spiro atoms. The van der Waals surface area contributed by atoms with Crippen LogP contribution >= 0.6 is 0 Å². The lowest BCUT2D eigenvalue weighted by Gasteiger charge is -2.19. The van der Waals surface area contributed by atoms with Crippen molar-refractivity contribution in [2.24, 2.45) is 0 Å². The Labute approximate surface area is 197 Å². The van der Waals surface area contributed by atoms with Gasteiger partial charge in [0.15, 0.2) is 11.6 Å². The number of carbonyl (C=O) groups excluding carboxylic acids is 1. The van der Waals surface area contributed by atoms with E-state index in [2.05, 4.69) is 22.0 Å². The molecule has 1 aliphatic rings. The first-order valence-corrected chi connectivity index (χ1v) is 11.4. The topological polar surface area (TPSA) is 77.0 Å². The second-order valence-electron chi connectivity index (χ2n) is 8.49. The highest BCUT2D eigenvalue weighted by atomic mass is 19.2. The van der Waals surface area contributed by atoms with Crippen molar-refractivity contribution < 1.29 is 13.6 Å². The second kappa shape index (κ2) is 10.9. The van der Waals surface area contributed by atoms with Crippen molar-refractivity contribution in [2.75, 3.05) is 18.4 Å². The van der Waals surface area contributed by atoms with Crippen LogP contribution in [0.15, 0.2) is 66.7 Å². The summed E-state index contributed by atoms with van der Waals surface area (Å²) in [4.78, 5) is 12.4.